The van der Waals surface area contributed by atoms with Crippen LogP contribution < -0.4 is 5.32 Å². The van der Waals surface area contributed by atoms with Crippen LogP contribution in [0.5, 0.6) is 0 Å². The first-order valence-corrected chi connectivity index (χ1v) is 6.60. The third-order valence-corrected chi connectivity index (χ3v) is 3.94. The Morgan fingerprint density at radius 2 is 2.20 bits per heavy atom. The van der Waals surface area contributed by atoms with E-state index in [0.717, 1.165) is 18.9 Å². The molecular weight excluding hydrogens is 266 g/mol. The van der Waals surface area contributed by atoms with E-state index in [-0.39, 0.29) is 5.91 Å². The second-order valence-electron chi connectivity index (χ2n) is 5.29. The Labute approximate surface area is 115 Å². The molecule has 2 aliphatic rings. The highest BCUT2D eigenvalue weighted by Gasteiger charge is 2.59. The summed E-state index contributed by atoms with van der Waals surface area (Å²) in [5.74, 6) is -1.29. The fourth-order valence-electron chi connectivity index (χ4n) is 2.67. The first kappa shape index (κ1) is 13.5. The van der Waals surface area contributed by atoms with Crippen molar-refractivity contribution in [2.45, 2.75) is 24.5 Å². The number of amides is 1. The van der Waals surface area contributed by atoms with E-state index in [0.29, 0.717) is 18.7 Å². The minimum absolute atomic E-state index is 0.0247. The van der Waals surface area contributed by atoms with Crippen LogP contribution in [0, 0.1) is 11.6 Å². The van der Waals surface area contributed by atoms with E-state index in [9.17, 15) is 13.6 Å². The van der Waals surface area contributed by atoms with Gasteiger partial charge in [0.1, 0.15) is 23.3 Å². The second-order valence-corrected chi connectivity index (χ2v) is 5.29. The topological polar surface area (TPSA) is 41.6 Å². The van der Waals surface area contributed by atoms with Gasteiger partial charge in [-0.3, -0.25) is 10.1 Å². The summed E-state index contributed by atoms with van der Waals surface area (Å²) in [6, 6.07) is 3.43. The SMILES string of the molecule is COCCN1C(=O)C2(CC2)NC1c1ccc(F)cc1F. The molecule has 1 atom stereocenters. The van der Waals surface area contributed by atoms with Crippen molar-refractivity contribution in [2.24, 2.45) is 0 Å². The Morgan fingerprint density at radius 1 is 1.45 bits per heavy atom. The van der Waals surface area contributed by atoms with E-state index in [1.807, 2.05) is 0 Å². The van der Waals surface area contributed by atoms with E-state index < -0.39 is 23.3 Å². The van der Waals surface area contributed by atoms with Crippen molar-refractivity contribution in [3.05, 3.63) is 35.4 Å². The highest BCUT2D eigenvalue weighted by atomic mass is 19.1. The Hall–Kier alpha value is -1.53. The standard InChI is InChI=1S/C14H16F2N2O2/c1-20-7-6-18-12(17-14(4-5-14)13(18)19)10-3-2-9(15)8-11(10)16/h2-3,8,12,17H,4-7H2,1H3. The van der Waals surface area contributed by atoms with Gasteiger partial charge in [-0.25, -0.2) is 8.78 Å². The van der Waals surface area contributed by atoms with Crippen molar-refractivity contribution in [3.8, 4) is 0 Å². The number of benzene rings is 1. The van der Waals surface area contributed by atoms with Gasteiger partial charge in [0.15, 0.2) is 0 Å². The van der Waals surface area contributed by atoms with Crippen LogP contribution in [0.15, 0.2) is 18.2 Å². The number of nitrogens with one attached hydrogen (secondary N) is 1. The van der Waals surface area contributed by atoms with Gasteiger partial charge in [0.25, 0.3) is 0 Å². The van der Waals surface area contributed by atoms with Crippen molar-refractivity contribution in [3.63, 3.8) is 0 Å². The summed E-state index contributed by atoms with van der Waals surface area (Å²) in [7, 11) is 1.55. The monoisotopic (exact) mass is 282 g/mol. The lowest BCUT2D eigenvalue weighted by molar-refractivity contribution is -0.131. The number of carbonyl (C=O) groups is 1. The fourth-order valence-corrected chi connectivity index (χ4v) is 2.67. The molecular formula is C14H16F2N2O2. The van der Waals surface area contributed by atoms with Crippen molar-refractivity contribution in [2.75, 3.05) is 20.3 Å². The number of ether oxygens (including phenoxy) is 1. The number of methoxy groups -OCH3 is 1. The van der Waals surface area contributed by atoms with Gasteiger partial charge in [0.2, 0.25) is 5.91 Å². The molecule has 1 aliphatic heterocycles. The predicted octanol–water partition coefficient (Wildman–Crippen LogP) is 1.57. The van der Waals surface area contributed by atoms with E-state index in [2.05, 4.69) is 5.32 Å². The smallest absolute Gasteiger partial charge is 0.244 e. The molecule has 1 unspecified atom stereocenters. The van der Waals surface area contributed by atoms with Gasteiger partial charge < -0.3 is 9.64 Å². The van der Waals surface area contributed by atoms with Crippen molar-refractivity contribution < 1.29 is 18.3 Å². The number of nitrogens with zero attached hydrogens (tertiary/aromatic N) is 1. The van der Waals surface area contributed by atoms with E-state index in [1.165, 1.54) is 12.1 Å². The maximum absolute atomic E-state index is 13.9. The molecule has 4 nitrogen and oxygen atoms in total. The second kappa shape index (κ2) is 4.79. The zero-order chi connectivity index (χ0) is 14.3. The molecule has 0 radical (unpaired) electrons. The van der Waals surface area contributed by atoms with Crippen LogP contribution in [-0.2, 0) is 9.53 Å². The molecule has 108 valence electrons. The highest BCUT2D eigenvalue weighted by molar-refractivity contribution is 5.92. The van der Waals surface area contributed by atoms with Crippen molar-refractivity contribution in [1.29, 1.82) is 0 Å². The third kappa shape index (κ3) is 2.09. The average Bonchev–Trinajstić information content (AvgIpc) is 3.13. The van der Waals surface area contributed by atoms with Gasteiger partial charge in [0, 0.05) is 25.3 Å². The molecule has 0 aromatic heterocycles. The van der Waals surface area contributed by atoms with Gasteiger partial charge >= 0.3 is 0 Å². The van der Waals surface area contributed by atoms with Crippen molar-refractivity contribution >= 4 is 5.91 Å². The summed E-state index contributed by atoms with van der Waals surface area (Å²) in [6.45, 7) is 0.758. The number of hydrogen-bond acceptors (Lipinski definition) is 3. The summed E-state index contributed by atoms with van der Waals surface area (Å²) in [4.78, 5) is 13.9. The van der Waals surface area contributed by atoms with Crippen LogP contribution in [0.3, 0.4) is 0 Å². The molecule has 1 amide bonds. The minimum atomic E-state index is -0.643. The van der Waals surface area contributed by atoms with Crippen LogP contribution in [0.1, 0.15) is 24.6 Å². The first-order valence-electron chi connectivity index (χ1n) is 6.60. The predicted molar refractivity (Wildman–Crippen MR) is 67.8 cm³/mol. The molecule has 1 aliphatic carbocycles. The van der Waals surface area contributed by atoms with Crippen LogP contribution in [0.25, 0.3) is 0 Å². The molecule has 3 rings (SSSR count). The summed E-state index contributed by atoms with van der Waals surface area (Å²) in [5.41, 5.74) is -0.251. The largest absolute Gasteiger partial charge is 0.383 e. The summed E-state index contributed by atoms with van der Waals surface area (Å²) < 4.78 is 32.0. The molecule has 1 saturated heterocycles. The van der Waals surface area contributed by atoms with E-state index >= 15 is 0 Å². The Kier molecular flexibility index (Phi) is 3.22. The van der Waals surface area contributed by atoms with Crippen molar-refractivity contribution in [1.82, 2.24) is 10.2 Å². The maximum Gasteiger partial charge on any atom is 0.244 e. The number of carbonyl (C=O) groups excluding carboxylic acids is 1. The molecule has 1 saturated carbocycles. The normalized spacial score (nSPS) is 23.6. The molecule has 1 aromatic rings. The molecule has 2 fully saturated rings. The van der Waals surface area contributed by atoms with E-state index in [1.54, 1.807) is 12.0 Å². The van der Waals surface area contributed by atoms with Crippen LogP contribution in [0.4, 0.5) is 8.78 Å². The zero-order valence-corrected chi connectivity index (χ0v) is 11.2. The molecule has 0 bridgehead atoms. The average molecular weight is 282 g/mol. The molecule has 1 spiro atoms. The zero-order valence-electron chi connectivity index (χ0n) is 11.2. The van der Waals surface area contributed by atoms with Gasteiger partial charge in [-0.2, -0.15) is 0 Å². The molecule has 1 heterocycles. The Morgan fingerprint density at radius 3 is 2.80 bits per heavy atom. The maximum atomic E-state index is 13.9. The Bertz CT molecular complexity index is 546. The summed E-state index contributed by atoms with van der Waals surface area (Å²) in [6.07, 6.45) is 0.962. The van der Waals surface area contributed by atoms with Crippen LogP contribution >= 0.6 is 0 Å². The van der Waals surface area contributed by atoms with Gasteiger partial charge in [-0.05, 0) is 25.0 Å². The van der Waals surface area contributed by atoms with E-state index in [4.69, 9.17) is 4.74 Å². The number of halogens is 2. The summed E-state index contributed by atoms with van der Waals surface area (Å²) >= 11 is 0. The van der Waals surface area contributed by atoms with Gasteiger partial charge in [-0.1, -0.05) is 0 Å². The molecule has 20 heavy (non-hydrogen) atoms. The number of hydrogen-bond donors (Lipinski definition) is 1. The van der Waals surface area contributed by atoms with Gasteiger partial charge in [0.05, 0.1) is 6.61 Å². The number of rotatable bonds is 4. The lowest BCUT2D eigenvalue weighted by Gasteiger charge is -2.24. The van der Waals surface area contributed by atoms with Crippen LogP contribution in [0.2, 0.25) is 0 Å². The quantitative estimate of drug-likeness (QED) is 0.911. The molecule has 1 aromatic carbocycles. The lowest BCUT2D eigenvalue weighted by atomic mass is 10.1. The lowest BCUT2D eigenvalue weighted by Crippen LogP contribution is -2.34. The third-order valence-electron chi connectivity index (χ3n) is 3.94. The molecule has 6 heteroatoms. The summed E-state index contributed by atoms with van der Waals surface area (Å²) in [5, 5.41) is 3.19. The van der Waals surface area contributed by atoms with Crippen LogP contribution in [-0.4, -0.2) is 36.6 Å². The highest BCUT2D eigenvalue weighted by Crippen LogP contribution is 2.46. The minimum Gasteiger partial charge on any atom is -0.383 e. The fraction of sp³-hybridized carbons (Fsp3) is 0.500. The molecule has 1 N–H and O–H groups in total. The van der Waals surface area contributed by atoms with Gasteiger partial charge in [-0.15, -0.1) is 0 Å². The first-order chi connectivity index (χ1) is 9.57. The Balaban J connectivity index is 1.91.